The summed E-state index contributed by atoms with van der Waals surface area (Å²) in [5, 5.41) is 8.16. The Morgan fingerprint density at radius 1 is 1.14 bits per heavy atom. The van der Waals surface area contributed by atoms with E-state index in [1.165, 1.54) is 31.4 Å². The van der Waals surface area contributed by atoms with Gasteiger partial charge in [0, 0.05) is 12.3 Å². The Morgan fingerprint density at radius 3 is 2.43 bits per heavy atom. The summed E-state index contributed by atoms with van der Waals surface area (Å²) >= 11 is 5.25. The van der Waals surface area contributed by atoms with Gasteiger partial charge in [0.15, 0.2) is 5.11 Å². The average molecular weight is 305 g/mol. The highest BCUT2D eigenvalue weighted by Crippen LogP contribution is 2.14. The van der Waals surface area contributed by atoms with Crippen molar-refractivity contribution in [2.75, 3.05) is 7.11 Å². The molecule has 5 heteroatoms. The molecule has 0 heterocycles. The fourth-order valence-corrected chi connectivity index (χ4v) is 2.46. The van der Waals surface area contributed by atoms with Crippen molar-refractivity contribution < 1.29 is 4.74 Å². The molecular formula is C16H23N3OS. The molecule has 114 valence electrons. The van der Waals surface area contributed by atoms with Crippen molar-refractivity contribution in [1.82, 2.24) is 10.7 Å². The third kappa shape index (κ3) is 5.71. The Kier molecular flexibility index (Phi) is 6.47. The number of hydrogen-bond donors (Lipinski definition) is 2. The molecular weight excluding hydrogens is 282 g/mol. The van der Waals surface area contributed by atoms with Crippen LogP contribution in [0.25, 0.3) is 0 Å². The number of hydrogen-bond acceptors (Lipinski definition) is 3. The molecule has 1 aliphatic rings. The Bertz CT molecular complexity index is 475. The van der Waals surface area contributed by atoms with Crippen LogP contribution in [0.15, 0.2) is 29.4 Å². The lowest BCUT2D eigenvalue weighted by atomic mass is 10.2. The van der Waals surface area contributed by atoms with Crippen LogP contribution in [-0.2, 0) is 6.54 Å². The first-order valence-electron chi connectivity index (χ1n) is 7.50. The Balaban J connectivity index is 1.74. The van der Waals surface area contributed by atoms with E-state index in [0.29, 0.717) is 11.7 Å². The molecule has 0 atom stereocenters. The van der Waals surface area contributed by atoms with Gasteiger partial charge in [-0.2, -0.15) is 5.10 Å². The molecule has 0 saturated heterocycles. The monoisotopic (exact) mass is 305 g/mol. The maximum absolute atomic E-state index is 5.25. The lowest BCUT2D eigenvalue weighted by Gasteiger charge is -2.09. The molecule has 0 spiro atoms. The Hall–Kier alpha value is -1.62. The molecule has 1 aromatic rings. The zero-order valence-electron chi connectivity index (χ0n) is 12.5. The molecule has 0 radical (unpaired) electrons. The van der Waals surface area contributed by atoms with E-state index in [0.717, 1.165) is 24.2 Å². The number of nitrogens with one attached hydrogen (secondary N) is 2. The predicted octanol–water partition coefficient (Wildman–Crippen LogP) is 3.37. The second-order valence-electron chi connectivity index (χ2n) is 5.23. The normalized spacial score (nSPS) is 15.0. The van der Waals surface area contributed by atoms with Crippen molar-refractivity contribution in [2.24, 2.45) is 5.10 Å². The molecule has 1 aliphatic carbocycles. The van der Waals surface area contributed by atoms with Crippen LogP contribution < -0.4 is 15.5 Å². The van der Waals surface area contributed by atoms with Gasteiger partial charge >= 0.3 is 0 Å². The van der Waals surface area contributed by atoms with Crippen LogP contribution in [0.2, 0.25) is 0 Å². The predicted molar refractivity (Wildman–Crippen MR) is 90.7 cm³/mol. The van der Waals surface area contributed by atoms with Crippen molar-refractivity contribution in [3.63, 3.8) is 0 Å². The van der Waals surface area contributed by atoms with E-state index in [2.05, 4.69) is 15.8 Å². The zero-order chi connectivity index (χ0) is 14.9. The molecule has 2 rings (SSSR count). The molecule has 0 amide bonds. The number of thiocarbonyl (C=S) groups is 1. The first-order valence-corrected chi connectivity index (χ1v) is 7.91. The second-order valence-corrected chi connectivity index (χ2v) is 5.64. The third-order valence-corrected chi connectivity index (χ3v) is 3.84. The van der Waals surface area contributed by atoms with Gasteiger partial charge in [-0.25, -0.2) is 0 Å². The summed E-state index contributed by atoms with van der Waals surface area (Å²) in [5.41, 5.74) is 5.35. The van der Waals surface area contributed by atoms with E-state index in [-0.39, 0.29) is 0 Å². The summed E-state index contributed by atoms with van der Waals surface area (Å²) in [4.78, 5) is 0. The van der Waals surface area contributed by atoms with Crippen LogP contribution in [0, 0.1) is 0 Å². The van der Waals surface area contributed by atoms with Gasteiger partial charge in [0.05, 0.1) is 7.11 Å². The summed E-state index contributed by atoms with van der Waals surface area (Å²) in [6.45, 7) is 0.681. The van der Waals surface area contributed by atoms with Crippen LogP contribution in [0.1, 0.15) is 44.1 Å². The lowest BCUT2D eigenvalue weighted by molar-refractivity contribution is 0.414. The van der Waals surface area contributed by atoms with Crippen LogP contribution in [-0.4, -0.2) is 17.9 Å². The number of ether oxygens (including phenoxy) is 1. The van der Waals surface area contributed by atoms with Gasteiger partial charge in [0.2, 0.25) is 0 Å². The minimum atomic E-state index is 0.572. The molecule has 1 saturated carbocycles. The number of nitrogens with zero attached hydrogens (tertiary/aromatic N) is 1. The van der Waals surface area contributed by atoms with Crippen LogP contribution in [0.5, 0.6) is 5.75 Å². The molecule has 0 unspecified atom stereocenters. The van der Waals surface area contributed by atoms with E-state index >= 15 is 0 Å². The molecule has 0 aliphatic heterocycles. The van der Waals surface area contributed by atoms with Gasteiger partial charge < -0.3 is 10.1 Å². The van der Waals surface area contributed by atoms with Crippen LogP contribution in [0.4, 0.5) is 0 Å². The second kappa shape index (κ2) is 8.62. The van der Waals surface area contributed by atoms with E-state index < -0.39 is 0 Å². The first-order chi connectivity index (χ1) is 10.3. The molecule has 0 aromatic heterocycles. The van der Waals surface area contributed by atoms with Gasteiger partial charge in [0.25, 0.3) is 0 Å². The fraction of sp³-hybridized carbons (Fsp3) is 0.500. The maximum Gasteiger partial charge on any atom is 0.187 e. The Labute approximate surface area is 132 Å². The smallest absolute Gasteiger partial charge is 0.187 e. The zero-order valence-corrected chi connectivity index (χ0v) is 13.3. The topological polar surface area (TPSA) is 45.6 Å². The number of methoxy groups -OCH3 is 1. The van der Waals surface area contributed by atoms with Gasteiger partial charge in [-0.1, -0.05) is 25.0 Å². The highest BCUT2D eigenvalue weighted by molar-refractivity contribution is 7.80. The number of rotatable bonds is 4. The lowest BCUT2D eigenvalue weighted by Crippen LogP contribution is -2.32. The van der Waals surface area contributed by atoms with Crippen LogP contribution >= 0.6 is 12.2 Å². The maximum atomic E-state index is 5.25. The van der Waals surface area contributed by atoms with E-state index in [9.17, 15) is 0 Å². The summed E-state index contributed by atoms with van der Waals surface area (Å²) in [7, 11) is 1.67. The quantitative estimate of drug-likeness (QED) is 0.508. The van der Waals surface area contributed by atoms with Gasteiger partial charge in [-0.3, -0.25) is 5.43 Å². The van der Waals surface area contributed by atoms with Gasteiger partial charge in [-0.05, 0) is 55.6 Å². The Morgan fingerprint density at radius 2 is 1.81 bits per heavy atom. The van der Waals surface area contributed by atoms with Crippen molar-refractivity contribution in [2.45, 2.75) is 45.1 Å². The highest BCUT2D eigenvalue weighted by Gasteiger charge is 2.05. The molecule has 4 nitrogen and oxygen atoms in total. The number of benzene rings is 1. The minimum Gasteiger partial charge on any atom is -0.497 e. The highest BCUT2D eigenvalue weighted by atomic mass is 32.1. The molecule has 1 fully saturated rings. The van der Waals surface area contributed by atoms with E-state index in [4.69, 9.17) is 17.0 Å². The fourth-order valence-electron chi connectivity index (χ4n) is 2.34. The summed E-state index contributed by atoms with van der Waals surface area (Å²) in [6, 6.07) is 7.93. The van der Waals surface area contributed by atoms with Gasteiger partial charge in [0.1, 0.15) is 5.75 Å². The first kappa shape index (κ1) is 15.8. The molecule has 21 heavy (non-hydrogen) atoms. The molecule has 0 bridgehead atoms. The van der Waals surface area contributed by atoms with Crippen LogP contribution in [0.3, 0.4) is 0 Å². The largest absolute Gasteiger partial charge is 0.497 e. The van der Waals surface area contributed by atoms with Crippen molar-refractivity contribution in [3.8, 4) is 5.75 Å². The average Bonchev–Trinajstić information content (AvgIpc) is 2.80. The van der Waals surface area contributed by atoms with E-state index in [1.54, 1.807) is 7.11 Å². The van der Waals surface area contributed by atoms with Gasteiger partial charge in [-0.15, -0.1) is 0 Å². The van der Waals surface area contributed by atoms with Crippen molar-refractivity contribution >= 4 is 23.0 Å². The SMILES string of the molecule is COc1ccc(CNC(=S)NN=C2CCCCCC2)cc1. The molecule has 1 aromatic carbocycles. The summed E-state index contributed by atoms with van der Waals surface area (Å²) in [5.74, 6) is 0.860. The summed E-state index contributed by atoms with van der Waals surface area (Å²) in [6.07, 6.45) is 7.31. The van der Waals surface area contributed by atoms with Crippen molar-refractivity contribution in [1.29, 1.82) is 0 Å². The standard InChI is InChI=1S/C16H23N3OS/c1-20-15-10-8-13(9-11-15)12-17-16(21)19-18-14-6-4-2-3-5-7-14/h8-11H,2-7,12H2,1H3,(H2,17,19,21). The summed E-state index contributed by atoms with van der Waals surface area (Å²) < 4.78 is 5.13. The third-order valence-electron chi connectivity index (χ3n) is 3.61. The number of hydrazone groups is 1. The van der Waals surface area contributed by atoms with Crippen molar-refractivity contribution in [3.05, 3.63) is 29.8 Å². The molecule has 2 N–H and O–H groups in total. The van der Waals surface area contributed by atoms with E-state index in [1.807, 2.05) is 24.3 Å². The minimum absolute atomic E-state index is 0.572.